The first-order chi connectivity index (χ1) is 11.2. The fourth-order valence-electron chi connectivity index (χ4n) is 2.58. The molecule has 1 fully saturated rings. The lowest BCUT2D eigenvalue weighted by Gasteiger charge is -2.37. The van der Waals surface area contributed by atoms with Gasteiger partial charge in [0.05, 0.1) is 4.92 Å². The van der Waals surface area contributed by atoms with E-state index in [1.165, 1.54) is 18.2 Å². The third-order valence-corrected chi connectivity index (χ3v) is 3.84. The zero-order chi connectivity index (χ0) is 17.9. The molecule has 1 aliphatic heterocycles. The fraction of sp³-hybridized carbons (Fsp3) is 0.562. The predicted molar refractivity (Wildman–Crippen MR) is 92.3 cm³/mol. The van der Waals surface area contributed by atoms with Crippen molar-refractivity contribution in [1.29, 1.82) is 0 Å². The van der Waals surface area contributed by atoms with Crippen molar-refractivity contribution in [2.24, 2.45) is 0 Å². The van der Waals surface area contributed by atoms with Crippen LogP contribution in [0.15, 0.2) is 18.2 Å². The Balaban J connectivity index is 2.21. The molecule has 1 aromatic rings. The maximum absolute atomic E-state index is 12.4. The van der Waals surface area contributed by atoms with Gasteiger partial charge in [0, 0.05) is 17.6 Å². The van der Waals surface area contributed by atoms with Crippen LogP contribution in [0.25, 0.3) is 0 Å². The summed E-state index contributed by atoms with van der Waals surface area (Å²) in [7, 11) is 0. The Morgan fingerprint density at radius 1 is 1.42 bits per heavy atom. The van der Waals surface area contributed by atoms with E-state index in [4.69, 9.17) is 16.3 Å². The summed E-state index contributed by atoms with van der Waals surface area (Å²) in [6.45, 7) is 5.96. The van der Waals surface area contributed by atoms with Crippen LogP contribution in [0, 0.1) is 10.1 Å². The average molecular weight is 356 g/mol. The van der Waals surface area contributed by atoms with E-state index >= 15 is 0 Å². The maximum Gasteiger partial charge on any atom is 0.411 e. The monoisotopic (exact) mass is 355 g/mol. The number of rotatable bonds is 3. The summed E-state index contributed by atoms with van der Waals surface area (Å²) >= 11 is 5.96. The number of carbonyl (C=O) groups excluding carboxylic acids is 1. The third kappa shape index (κ3) is 4.74. The first-order valence-electron chi connectivity index (χ1n) is 7.87. The number of anilines is 1. The normalized spacial score (nSPS) is 18.2. The number of nitrogens with one attached hydrogen (secondary N) is 1. The number of nitro benzene ring substituents is 1. The quantitative estimate of drug-likeness (QED) is 0.641. The van der Waals surface area contributed by atoms with Gasteiger partial charge in [-0.25, -0.2) is 4.79 Å². The van der Waals surface area contributed by atoms with Crippen LogP contribution in [-0.2, 0) is 4.74 Å². The summed E-state index contributed by atoms with van der Waals surface area (Å²) in [5.74, 6) is 0. The second-order valence-electron chi connectivity index (χ2n) is 6.75. The average Bonchev–Trinajstić information content (AvgIpc) is 2.45. The Morgan fingerprint density at radius 2 is 2.12 bits per heavy atom. The molecule has 1 heterocycles. The van der Waals surface area contributed by atoms with Crippen LogP contribution >= 0.6 is 11.6 Å². The number of nitro groups is 1. The van der Waals surface area contributed by atoms with Crippen LogP contribution in [0.3, 0.4) is 0 Å². The van der Waals surface area contributed by atoms with Crippen molar-refractivity contribution >= 4 is 29.1 Å². The van der Waals surface area contributed by atoms with E-state index in [0.29, 0.717) is 23.7 Å². The van der Waals surface area contributed by atoms with Gasteiger partial charge < -0.3 is 10.1 Å². The van der Waals surface area contributed by atoms with Gasteiger partial charge in [0.1, 0.15) is 17.5 Å². The van der Waals surface area contributed by atoms with Crippen LogP contribution in [0.2, 0.25) is 5.02 Å². The molecule has 0 saturated carbocycles. The summed E-state index contributed by atoms with van der Waals surface area (Å²) in [4.78, 5) is 24.7. The number of piperidine rings is 1. The van der Waals surface area contributed by atoms with Gasteiger partial charge in [-0.1, -0.05) is 11.6 Å². The highest BCUT2D eigenvalue weighted by Crippen LogP contribution is 2.30. The smallest absolute Gasteiger partial charge is 0.411 e. The molecule has 1 saturated heterocycles. The molecule has 1 N–H and O–H groups in total. The molecule has 1 atom stereocenters. The van der Waals surface area contributed by atoms with Crippen molar-refractivity contribution in [2.45, 2.75) is 51.8 Å². The number of nitrogens with zero attached hydrogens (tertiary/aromatic N) is 2. The highest BCUT2D eigenvalue weighted by Gasteiger charge is 2.31. The van der Waals surface area contributed by atoms with E-state index in [1.54, 1.807) is 25.7 Å². The minimum Gasteiger partial charge on any atom is -0.444 e. The van der Waals surface area contributed by atoms with Gasteiger partial charge >= 0.3 is 6.09 Å². The van der Waals surface area contributed by atoms with Gasteiger partial charge in [-0.05, 0) is 52.2 Å². The van der Waals surface area contributed by atoms with Gasteiger partial charge in [-0.3, -0.25) is 15.0 Å². The van der Waals surface area contributed by atoms with Gasteiger partial charge in [0.15, 0.2) is 0 Å². The molecule has 2 rings (SSSR count). The van der Waals surface area contributed by atoms with E-state index in [0.717, 1.165) is 12.8 Å². The summed E-state index contributed by atoms with van der Waals surface area (Å²) < 4.78 is 5.43. The number of ether oxygens (including phenoxy) is 1. The van der Waals surface area contributed by atoms with E-state index in [-0.39, 0.29) is 11.9 Å². The number of carbonyl (C=O) groups is 1. The summed E-state index contributed by atoms with van der Waals surface area (Å²) in [6, 6.07) is 4.32. The number of likely N-dealkylation sites (tertiary alicyclic amines) is 1. The predicted octanol–water partition coefficient (Wildman–Crippen LogP) is 4.41. The molecule has 1 unspecified atom stereocenters. The Labute approximate surface area is 146 Å². The largest absolute Gasteiger partial charge is 0.444 e. The van der Waals surface area contributed by atoms with Crippen molar-refractivity contribution in [3.8, 4) is 0 Å². The maximum atomic E-state index is 12.4. The van der Waals surface area contributed by atoms with Crippen molar-refractivity contribution in [1.82, 2.24) is 4.90 Å². The molecule has 1 aromatic carbocycles. The third-order valence-electron chi connectivity index (χ3n) is 3.61. The number of hydrogen-bond donors (Lipinski definition) is 1. The molecule has 0 spiro atoms. The molecular weight excluding hydrogens is 334 g/mol. The highest BCUT2D eigenvalue weighted by atomic mass is 35.5. The number of benzene rings is 1. The number of hydrogen-bond acceptors (Lipinski definition) is 5. The highest BCUT2D eigenvalue weighted by molar-refractivity contribution is 6.31. The Morgan fingerprint density at radius 3 is 2.75 bits per heavy atom. The van der Waals surface area contributed by atoms with Crippen LogP contribution in [0.4, 0.5) is 16.2 Å². The minimum absolute atomic E-state index is 0.0749. The van der Waals surface area contributed by atoms with Crippen LogP contribution < -0.4 is 5.32 Å². The van der Waals surface area contributed by atoms with E-state index in [9.17, 15) is 14.9 Å². The van der Waals surface area contributed by atoms with Crippen molar-refractivity contribution < 1.29 is 14.5 Å². The van der Waals surface area contributed by atoms with Crippen molar-refractivity contribution in [2.75, 3.05) is 11.9 Å². The van der Waals surface area contributed by atoms with Gasteiger partial charge in [-0.15, -0.1) is 0 Å². The molecule has 0 bridgehead atoms. The zero-order valence-electron chi connectivity index (χ0n) is 14.0. The zero-order valence-corrected chi connectivity index (χ0v) is 14.8. The topological polar surface area (TPSA) is 84.7 Å². The molecule has 8 heteroatoms. The Bertz CT molecular complexity index is 630. The molecule has 1 amide bonds. The summed E-state index contributed by atoms with van der Waals surface area (Å²) in [5.41, 5.74) is -0.372. The van der Waals surface area contributed by atoms with Gasteiger partial charge in [0.2, 0.25) is 0 Å². The lowest BCUT2D eigenvalue weighted by molar-refractivity contribution is -0.384. The van der Waals surface area contributed by atoms with E-state index in [2.05, 4.69) is 5.32 Å². The minimum atomic E-state index is -0.596. The van der Waals surface area contributed by atoms with E-state index < -0.39 is 16.6 Å². The SMILES string of the molecule is CC(C)(C)OC(=O)N1CCCCC1Nc1cc(Cl)ccc1[N+](=O)[O-]. The van der Waals surface area contributed by atoms with Crippen molar-refractivity contribution in [3.63, 3.8) is 0 Å². The van der Waals surface area contributed by atoms with E-state index in [1.807, 2.05) is 0 Å². The number of amides is 1. The lowest BCUT2D eigenvalue weighted by Crippen LogP contribution is -2.49. The summed E-state index contributed by atoms with van der Waals surface area (Å²) in [5, 5.41) is 14.7. The lowest BCUT2D eigenvalue weighted by atomic mass is 10.1. The fourth-order valence-corrected chi connectivity index (χ4v) is 2.76. The number of halogens is 1. The molecule has 0 aliphatic carbocycles. The summed E-state index contributed by atoms with van der Waals surface area (Å²) in [6.07, 6.45) is 1.68. The molecule has 132 valence electrons. The molecule has 1 aliphatic rings. The van der Waals surface area contributed by atoms with Gasteiger partial charge in [-0.2, -0.15) is 0 Å². The first kappa shape index (κ1) is 18.3. The van der Waals surface area contributed by atoms with Crippen LogP contribution in [0.5, 0.6) is 0 Å². The Kier molecular flexibility index (Phi) is 5.54. The van der Waals surface area contributed by atoms with Crippen molar-refractivity contribution in [3.05, 3.63) is 33.3 Å². The molecule has 24 heavy (non-hydrogen) atoms. The standard InChI is InChI=1S/C16H22ClN3O4/c1-16(2,3)24-15(21)19-9-5-4-6-14(19)18-12-10-11(17)7-8-13(12)20(22)23/h7-8,10,14,18H,4-6,9H2,1-3H3. The second kappa shape index (κ2) is 7.25. The molecule has 0 radical (unpaired) electrons. The first-order valence-corrected chi connectivity index (χ1v) is 8.25. The second-order valence-corrected chi connectivity index (χ2v) is 7.18. The molecular formula is C16H22ClN3O4. The Hall–Kier alpha value is -2.02. The van der Waals surface area contributed by atoms with Crippen LogP contribution in [0.1, 0.15) is 40.0 Å². The van der Waals surface area contributed by atoms with Crippen LogP contribution in [-0.4, -0.2) is 34.2 Å². The molecule has 7 nitrogen and oxygen atoms in total. The van der Waals surface area contributed by atoms with Gasteiger partial charge in [0.25, 0.3) is 5.69 Å². The molecule has 0 aromatic heterocycles.